The van der Waals surface area contributed by atoms with Gasteiger partial charge in [0.05, 0.1) is 6.20 Å². The second kappa shape index (κ2) is 3.70. The molecule has 70 valence electrons. The SMILES string of the molecule is O=Cc1cnc(CC2CCNC2)o1. The molecule has 1 aliphatic rings. The number of rotatable bonds is 3. The Kier molecular flexibility index (Phi) is 2.40. The fraction of sp³-hybridized carbons (Fsp3) is 0.556. The summed E-state index contributed by atoms with van der Waals surface area (Å²) in [6, 6.07) is 0. The summed E-state index contributed by atoms with van der Waals surface area (Å²) in [6.45, 7) is 2.10. The number of oxazole rings is 1. The molecule has 1 aliphatic heterocycles. The molecule has 0 aromatic carbocycles. The van der Waals surface area contributed by atoms with E-state index >= 15 is 0 Å². The van der Waals surface area contributed by atoms with Crippen LogP contribution in [0.25, 0.3) is 0 Å². The van der Waals surface area contributed by atoms with Gasteiger partial charge in [-0.15, -0.1) is 0 Å². The molecule has 1 aromatic rings. The normalized spacial score (nSPS) is 22.0. The number of nitrogens with zero attached hydrogens (tertiary/aromatic N) is 1. The third-order valence-corrected chi connectivity index (χ3v) is 2.31. The topological polar surface area (TPSA) is 55.1 Å². The van der Waals surface area contributed by atoms with E-state index in [2.05, 4.69) is 10.3 Å². The highest BCUT2D eigenvalue weighted by atomic mass is 16.4. The van der Waals surface area contributed by atoms with Crippen molar-refractivity contribution in [2.24, 2.45) is 5.92 Å². The number of hydrogen-bond acceptors (Lipinski definition) is 4. The quantitative estimate of drug-likeness (QED) is 0.693. The average Bonchev–Trinajstić information content (AvgIpc) is 2.76. The Bertz CT molecular complexity index is 290. The van der Waals surface area contributed by atoms with Gasteiger partial charge in [-0.05, 0) is 25.4 Å². The molecule has 0 radical (unpaired) electrons. The number of carbonyl (C=O) groups is 1. The smallest absolute Gasteiger partial charge is 0.195 e. The van der Waals surface area contributed by atoms with Gasteiger partial charge in [0.25, 0.3) is 0 Å². The lowest BCUT2D eigenvalue weighted by molar-refractivity contribution is 0.109. The monoisotopic (exact) mass is 180 g/mol. The molecule has 0 bridgehead atoms. The van der Waals surface area contributed by atoms with E-state index in [1.165, 1.54) is 12.6 Å². The van der Waals surface area contributed by atoms with E-state index in [4.69, 9.17) is 4.42 Å². The minimum Gasteiger partial charge on any atom is -0.438 e. The highest BCUT2D eigenvalue weighted by molar-refractivity contribution is 5.69. The lowest BCUT2D eigenvalue weighted by atomic mass is 10.1. The summed E-state index contributed by atoms with van der Waals surface area (Å²) in [5.74, 6) is 1.61. The van der Waals surface area contributed by atoms with Gasteiger partial charge in [0.15, 0.2) is 17.9 Å². The van der Waals surface area contributed by atoms with Crippen LogP contribution in [0.2, 0.25) is 0 Å². The number of nitrogens with one attached hydrogen (secondary N) is 1. The molecule has 1 atom stereocenters. The molecule has 0 saturated carbocycles. The third kappa shape index (κ3) is 1.95. The van der Waals surface area contributed by atoms with Crippen LogP contribution in [-0.2, 0) is 6.42 Å². The Morgan fingerprint density at radius 1 is 1.77 bits per heavy atom. The van der Waals surface area contributed by atoms with Gasteiger partial charge in [-0.3, -0.25) is 4.79 Å². The molecule has 1 fully saturated rings. The summed E-state index contributed by atoms with van der Waals surface area (Å²) in [4.78, 5) is 14.3. The molecule has 4 nitrogen and oxygen atoms in total. The molecule has 2 rings (SSSR count). The first-order valence-electron chi connectivity index (χ1n) is 4.49. The summed E-state index contributed by atoms with van der Waals surface area (Å²) in [6.07, 6.45) is 4.16. The zero-order valence-electron chi connectivity index (χ0n) is 7.32. The first-order valence-corrected chi connectivity index (χ1v) is 4.49. The fourth-order valence-electron chi connectivity index (χ4n) is 1.61. The van der Waals surface area contributed by atoms with Crippen LogP contribution in [0.15, 0.2) is 10.6 Å². The molecule has 1 N–H and O–H groups in total. The summed E-state index contributed by atoms with van der Waals surface area (Å²) in [5.41, 5.74) is 0. The van der Waals surface area contributed by atoms with E-state index in [1.807, 2.05) is 0 Å². The van der Waals surface area contributed by atoms with Crippen molar-refractivity contribution in [1.29, 1.82) is 0 Å². The fourth-order valence-corrected chi connectivity index (χ4v) is 1.61. The lowest BCUT2D eigenvalue weighted by Gasteiger charge is -2.02. The van der Waals surface area contributed by atoms with Crippen LogP contribution < -0.4 is 5.32 Å². The predicted octanol–water partition coefficient (Wildman–Crippen LogP) is 0.639. The summed E-state index contributed by atoms with van der Waals surface area (Å²) in [7, 11) is 0. The molecule has 4 heteroatoms. The van der Waals surface area contributed by atoms with Crippen molar-refractivity contribution in [3.63, 3.8) is 0 Å². The van der Waals surface area contributed by atoms with Crippen molar-refractivity contribution in [2.75, 3.05) is 13.1 Å². The molecule has 0 aliphatic carbocycles. The minimum atomic E-state index is 0.320. The lowest BCUT2D eigenvalue weighted by Crippen LogP contribution is -2.10. The van der Waals surface area contributed by atoms with Crippen LogP contribution in [-0.4, -0.2) is 24.4 Å². The van der Waals surface area contributed by atoms with Gasteiger partial charge >= 0.3 is 0 Å². The van der Waals surface area contributed by atoms with Crippen LogP contribution in [0, 0.1) is 5.92 Å². The molecule has 13 heavy (non-hydrogen) atoms. The summed E-state index contributed by atoms with van der Waals surface area (Å²) >= 11 is 0. The van der Waals surface area contributed by atoms with E-state index < -0.39 is 0 Å². The highest BCUT2D eigenvalue weighted by Crippen LogP contribution is 2.14. The Hall–Kier alpha value is -1.16. The summed E-state index contributed by atoms with van der Waals surface area (Å²) < 4.78 is 5.19. The van der Waals surface area contributed by atoms with Crippen molar-refractivity contribution in [2.45, 2.75) is 12.8 Å². The van der Waals surface area contributed by atoms with Gasteiger partial charge in [-0.2, -0.15) is 0 Å². The maximum atomic E-state index is 10.3. The number of carbonyl (C=O) groups excluding carboxylic acids is 1. The molecular weight excluding hydrogens is 168 g/mol. The predicted molar refractivity (Wildman–Crippen MR) is 46.6 cm³/mol. The van der Waals surface area contributed by atoms with Gasteiger partial charge in [-0.1, -0.05) is 0 Å². The largest absolute Gasteiger partial charge is 0.438 e. The van der Waals surface area contributed by atoms with Crippen molar-refractivity contribution < 1.29 is 9.21 Å². The zero-order valence-corrected chi connectivity index (χ0v) is 7.32. The summed E-state index contributed by atoms with van der Waals surface area (Å²) in [5, 5.41) is 3.27. The number of aromatic nitrogens is 1. The Labute approximate surface area is 76.3 Å². The Balaban J connectivity index is 1.96. The van der Waals surface area contributed by atoms with E-state index in [9.17, 15) is 4.79 Å². The Morgan fingerprint density at radius 3 is 3.31 bits per heavy atom. The average molecular weight is 180 g/mol. The van der Waals surface area contributed by atoms with Gasteiger partial charge < -0.3 is 9.73 Å². The van der Waals surface area contributed by atoms with Crippen molar-refractivity contribution >= 4 is 6.29 Å². The van der Waals surface area contributed by atoms with E-state index in [0.29, 0.717) is 23.9 Å². The van der Waals surface area contributed by atoms with E-state index in [-0.39, 0.29) is 0 Å². The second-order valence-electron chi connectivity index (χ2n) is 3.34. The van der Waals surface area contributed by atoms with Gasteiger partial charge in [0.2, 0.25) is 0 Å². The van der Waals surface area contributed by atoms with E-state index in [1.54, 1.807) is 0 Å². The van der Waals surface area contributed by atoms with Crippen LogP contribution in [0.3, 0.4) is 0 Å². The van der Waals surface area contributed by atoms with Crippen molar-refractivity contribution in [1.82, 2.24) is 10.3 Å². The van der Waals surface area contributed by atoms with Crippen molar-refractivity contribution in [3.05, 3.63) is 17.8 Å². The maximum absolute atomic E-state index is 10.3. The molecule has 2 heterocycles. The molecular formula is C9H12N2O2. The van der Waals surface area contributed by atoms with Gasteiger partial charge in [0, 0.05) is 6.42 Å². The molecule has 0 spiro atoms. The van der Waals surface area contributed by atoms with Crippen molar-refractivity contribution in [3.8, 4) is 0 Å². The van der Waals surface area contributed by atoms with E-state index in [0.717, 1.165) is 19.5 Å². The zero-order chi connectivity index (χ0) is 9.10. The van der Waals surface area contributed by atoms with Crippen LogP contribution >= 0.6 is 0 Å². The number of hydrogen-bond donors (Lipinski definition) is 1. The molecule has 1 saturated heterocycles. The number of aldehydes is 1. The van der Waals surface area contributed by atoms with Crippen LogP contribution in [0.5, 0.6) is 0 Å². The first kappa shape index (κ1) is 8.44. The standard InChI is InChI=1S/C9H12N2O2/c12-6-8-5-11-9(13-8)3-7-1-2-10-4-7/h5-7,10H,1-4H2. The Morgan fingerprint density at radius 2 is 2.69 bits per heavy atom. The second-order valence-corrected chi connectivity index (χ2v) is 3.34. The highest BCUT2D eigenvalue weighted by Gasteiger charge is 2.17. The third-order valence-electron chi connectivity index (χ3n) is 2.31. The van der Waals surface area contributed by atoms with Crippen LogP contribution in [0.1, 0.15) is 22.9 Å². The molecule has 1 unspecified atom stereocenters. The molecule has 1 aromatic heterocycles. The van der Waals surface area contributed by atoms with Gasteiger partial charge in [0.1, 0.15) is 0 Å². The van der Waals surface area contributed by atoms with Crippen LogP contribution in [0.4, 0.5) is 0 Å². The van der Waals surface area contributed by atoms with Gasteiger partial charge in [-0.25, -0.2) is 4.98 Å². The molecule has 0 amide bonds. The minimum absolute atomic E-state index is 0.320. The first-order chi connectivity index (χ1) is 6.38. The maximum Gasteiger partial charge on any atom is 0.195 e.